The topological polar surface area (TPSA) is 68.8 Å². The van der Waals surface area contributed by atoms with Gasteiger partial charge in [0, 0.05) is 13.7 Å². The molecule has 0 saturated heterocycles. The summed E-state index contributed by atoms with van der Waals surface area (Å²) in [6.45, 7) is 1.15. The molecule has 13 heavy (non-hydrogen) atoms. The van der Waals surface area contributed by atoms with Gasteiger partial charge in [-0.15, -0.1) is 11.8 Å². The molecule has 0 spiro atoms. The molecule has 0 atom stereocenters. The molecule has 70 valence electrons. The summed E-state index contributed by atoms with van der Waals surface area (Å²) < 4.78 is 4.82. The fourth-order valence-electron chi connectivity index (χ4n) is 0.656. The van der Waals surface area contributed by atoms with Crippen LogP contribution in [-0.4, -0.2) is 26.5 Å². The second-order valence-corrected chi connectivity index (χ2v) is 2.87. The van der Waals surface area contributed by atoms with Crippen LogP contribution < -0.4 is 5.32 Å². The third kappa shape index (κ3) is 4.41. The van der Waals surface area contributed by atoms with Gasteiger partial charge >= 0.3 is 0 Å². The Hall–Kier alpha value is -1.17. The highest BCUT2D eigenvalue weighted by atomic mass is 32.2. The van der Waals surface area contributed by atoms with Gasteiger partial charge in [-0.2, -0.15) is 10.5 Å². The smallest absolute Gasteiger partial charge is 0.159 e. The highest BCUT2D eigenvalue weighted by molar-refractivity contribution is 8.02. The van der Waals surface area contributed by atoms with Crippen LogP contribution in [0.25, 0.3) is 0 Å². The van der Waals surface area contributed by atoms with Crippen LogP contribution in [0.4, 0.5) is 0 Å². The minimum Gasteiger partial charge on any atom is -0.383 e. The number of methoxy groups -OCH3 is 1. The van der Waals surface area contributed by atoms with E-state index in [1.54, 1.807) is 7.11 Å². The van der Waals surface area contributed by atoms with Crippen molar-refractivity contribution in [2.75, 3.05) is 26.5 Å². The first-order chi connectivity index (χ1) is 6.29. The number of ether oxygens (including phenoxy) is 1. The van der Waals surface area contributed by atoms with Crippen molar-refractivity contribution in [3.8, 4) is 12.1 Å². The Bertz CT molecular complexity index is 246. The molecule has 4 nitrogen and oxygen atoms in total. The average molecular weight is 197 g/mol. The maximum absolute atomic E-state index is 8.57. The van der Waals surface area contributed by atoms with Gasteiger partial charge in [-0.1, -0.05) is 0 Å². The molecule has 0 rings (SSSR count). The number of hydrogen-bond donors (Lipinski definition) is 1. The monoisotopic (exact) mass is 197 g/mol. The summed E-state index contributed by atoms with van der Waals surface area (Å²) in [5, 5.41) is 20.7. The van der Waals surface area contributed by atoms with Gasteiger partial charge in [-0.25, -0.2) is 0 Å². The minimum atomic E-state index is 0.114. The Morgan fingerprint density at radius 1 is 1.46 bits per heavy atom. The van der Waals surface area contributed by atoms with E-state index in [4.69, 9.17) is 15.3 Å². The molecule has 0 amide bonds. The lowest BCUT2D eigenvalue weighted by atomic mass is 10.3. The third-order valence-corrected chi connectivity index (χ3v) is 2.00. The van der Waals surface area contributed by atoms with E-state index in [-0.39, 0.29) is 5.57 Å². The van der Waals surface area contributed by atoms with Crippen LogP contribution in [0.2, 0.25) is 0 Å². The van der Waals surface area contributed by atoms with Crippen LogP contribution in [0.5, 0.6) is 0 Å². The Kier molecular flexibility index (Phi) is 6.80. The number of nitriles is 2. The molecule has 0 bridgehead atoms. The second-order valence-electron chi connectivity index (χ2n) is 2.05. The van der Waals surface area contributed by atoms with Gasteiger partial charge in [-0.3, -0.25) is 0 Å². The maximum atomic E-state index is 8.57. The first-order valence-electron chi connectivity index (χ1n) is 3.61. The van der Waals surface area contributed by atoms with Crippen molar-refractivity contribution in [3.05, 3.63) is 10.6 Å². The first-order valence-corrected chi connectivity index (χ1v) is 4.83. The van der Waals surface area contributed by atoms with E-state index in [1.165, 1.54) is 11.8 Å². The predicted octanol–water partition coefficient (Wildman–Crippen LogP) is 0.844. The SMILES string of the molecule is COCCNC(SC)=C(C#N)C#N. The minimum absolute atomic E-state index is 0.114. The summed E-state index contributed by atoms with van der Waals surface area (Å²) in [4.78, 5) is 0. The van der Waals surface area contributed by atoms with E-state index < -0.39 is 0 Å². The summed E-state index contributed by atoms with van der Waals surface area (Å²) in [5.41, 5.74) is 0.114. The molecular weight excluding hydrogens is 186 g/mol. The number of allylic oxidation sites excluding steroid dienone is 1. The van der Waals surface area contributed by atoms with E-state index in [1.807, 2.05) is 18.4 Å². The highest BCUT2D eigenvalue weighted by Crippen LogP contribution is 2.11. The van der Waals surface area contributed by atoms with Gasteiger partial charge < -0.3 is 10.1 Å². The number of nitrogens with zero attached hydrogens (tertiary/aromatic N) is 2. The summed E-state index contributed by atoms with van der Waals surface area (Å²) in [6.07, 6.45) is 1.81. The first kappa shape index (κ1) is 11.8. The molecule has 0 aliphatic carbocycles. The lowest BCUT2D eigenvalue weighted by Crippen LogP contribution is -2.18. The zero-order chi connectivity index (χ0) is 10.1. The van der Waals surface area contributed by atoms with E-state index >= 15 is 0 Å². The zero-order valence-electron chi connectivity index (χ0n) is 7.63. The molecule has 0 aliphatic heterocycles. The largest absolute Gasteiger partial charge is 0.383 e. The Morgan fingerprint density at radius 2 is 2.08 bits per heavy atom. The molecule has 1 N–H and O–H groups in total. The van der Waals surface area contributed by atoms with Crippen molar-refractivity contribution in [1.29, 1.82) is 10.5 Å². The fourth-order valence-corrected chi connectivity index (χ4v) is 1.20. The van der Waals surface area contributed by atoms with E-state index in [0.717, 1.165) is 0 Å². The fraction of sp³-hybridized carbons (Fsp3) is 0.500. The molecule has 0 aromatic rings. The molecule has 0 unspecified atom stereocenters. The third-order valence-electron chi connectivity index (χ3n) is 1.25. The lowest BCUT2D eigenvalue weighted by Gasteiger charge is -2.06. The van der Waals surface area contributed by atoms with Gasteiger partial charge in [0.1, 0.15) is 12.1 Å². The molecule has 0 aliphatic rings. The van der Waals surface area contributed by atoms with E-state index in [0.29, 0.717) is 18.2 Å². The lowest BCUT2D eigenvalue weighted by molar-refractivity contribution is 0.202. The van der Waals surface area contributed by atoms with Gasteiger partial charge in [-0.05, 0) is 6.26 Å². The average Bonchev–Trinajstić information content (AvgIpc) is 2.17. The summed E-state index contributed by atoms with van der Waals surface area (Å²) in [6, 6.07) is 3.65. The molecule has 0 aromatic carbocycles. The number of nitrogens with one attached hydrogen (secondary N) is 1. The van der Waals surface area contributed by atoms with Gasteiger partial charge in [0.15, 0.2) is 5.57 Å². The van der Waals surface area contributed by atoms with E-state index in [2.05, 4.69) is 5.32 Å². The Morgan fingerprint density at radius 3 is 2.46 bits per heavy atom. The van der Waals surface area contributed by atoms with Crippen LogP contribution >= 0.6 is 11.8 Å². The van der Waals surface area contributed by atoms with Crippen LogP contribution in [0, 0.1) is 22.7 Å². The summed E-state index contributed by atoms with van der Waals surface area (Å²) >= 11 is 1.35. The van der Waals surface area contributed by atoms with Crippen LogP contribution in [0.3, 0.4) is 0 Å². The number of hydrogen-bond acceptors (Lipinski definition) is 5. The molecule has 5 heteroatoms. The van der Waals surface area contributed by atoms with Crippen molar-refractivity contribution >= 4 is 11.8 Å². The second kappa shape index (κ2) is 7.48. The van der Waals surface area contributed by atoms with Gasteiger partial charge in [0.05, 0.1) is 11.6 Å². The molecular formula is C8H11N3OS. The molecule has 0 heterocycles. The predicted molar refractivity (Wildman–Crippen MR) is 51.6 cm³/mol. The molecule has 0 fully saturated rings. The van der Waals surface area contributed by atoms with Crippen LogP contribution in [-0.2, 0) is 4.74 Å². The van der Waals surface area contributed by atoms with Crippen molar-refractivity contribution in [2.45, 2.75) is 0 Å². The molecule has 0 radical (unpaired) electrons. The van der Waals surface area contributed by atoms with Crippen molar-refractivity contribution in [1.82, 2.24) is 5.32 Å². The van der Waals surface area contributed by atoms with Gasteiger partial charge in [0.2, 0.25) is 0 Å². The van der Waals surface area contributed by atoms with Gasteiger partial charge in [0.25, 0.3) is 0 Å². The quantitative estimate of drug-likeness (QED) is 0.522. The van der Waals surface area contributed by atoms with Crippen LogP contribution in [0.15, 0.2) is 10.6 Å². The van der Waals surface area contributed by atoms with Crippen LogP contribution in [0.1, 0.15) is 0 Å². The summed E-state index contributed by atoms with van der Waals surface area (Å²) in [7, 11) is 1.60. The summed E-state index contributed by atoms with van der Waals surface area (Å²) in [5.74, 6) is 0. The van der Waals surface area contributed by atoms with Crippen molar-refractivity contribution in [3.63, 3.8) is 0 Å². The standard InChI is InChI=1S/C8H11N3OS/c1-12-4-3-11-8(13-2)7(5-9)6-10/h11H,3-4H2,1-2H3. The number of rotatable bonds is 5. The Balaban J connectivity index is 4.26. The Labute approximate surface area is 82.2 Å². The van der Waals surface area contributed by atoms with E-state index in [9.17, 15) is 0 Å². The van der Waals surface area contributed by atoms with Crippen molar-refractivity contribution < 1.29 is 4.74 Å². The van der Waals surface area contributed by atoms with Crippen molar-refractivity contribution in [2.24, 2.45) is 0 Å². The maximum Gasteiger partial charge on any atom is 0.159 e. The highest BCUT2D eigenvalue weighted by Gasteiger charge is 2.03. The number of thioether (sulfide) groups is 1. The zero-order valence-corrected chi connectivity index (χ0v) is 8.44. The molecule has 0 aromatic heterocycles. The molecule has 0 saturated carbocycles. The normalized spacial score (nSPS) is 8.31.